The van der Waals surface area contributed by atoms with E-state index in [1.165, 1.54) is 34.6 Å². The van der Waals surface area contributed by atoms with E-state index in [1.54, 1.807) is 14.0 Å². The van der Waals surface area contributed by atoms with Gasteiger partial charge in [0.05, 0.1) is 17.6 Å². The molecule has 24 heavy (non-hydrogen) atoms. The number of thiol groups is 1. The van der Waals surface area contributed by atoms with Crippen molar-refractivity contribution in [1.82, 2.24) is 9.97 Å². The van der Waals surface area contributed by atoms with Gasteiger partial charge in [-0.3, -0.25) is 9.78 Å². The van der Waals surface area contributed by atoms with Crippen LogP contribution in [0.25, 0.3) is 16.6 Å². The molecule has 2 aromatic rings. The number of carbonyl (C=O) groups is 1. The van der Waals surface area contributed by atoms with Crippen molar-refractivity contribution in [1.29, 1.82) is 0 Å². The number of thiazole rings is 1. The van der Waals surface area contributed by atoms with Gasteiger partial charge in [0.1, 0.15) is 26.5 Å². The highest BCUT2D eigenvalue weighted by atomic mass is 32.2. The minimum absolute atomic E-state index is 0.221. The molecule has 2 rings (SSSR count). The summed E-state index contributed by atoms with van der Waals surface area (Å²) in [5.41, 5.74) is 0.958. The average molecular weight is 369 g/mol. The number of carbonyl (C=O) groups excluding carboxylic acids is 1. The maximum atomic E-state index is 13.3. The van der Waals surface area contributed by atoms with Gasteiger partial charge in [-0.2, -0.15) is 0 Å². The smallest absolute Gasteiger partial charge is 0.231 e. The Morgan fingerprint density at radius 1 is 1.50 bits per heavy atom. The second-order valence-corrected chi connectivity index (χ2v) is 7.13. The molecule has 0 fully saturated rings. The molecule has 2 heterocycles. The fourth-order valence-electron chi connectivity index (χ4n) is 2.08. The fourth-order valence-corrected chi connectivity index (χ4v) is 3.70. The standard InChI is InChI=1S/C15H16FN3O3S2/c1-4-12-15(19(3)14(20)9(2)8-24(21)22)23-13(18-12)10-5-11(16)7-17-6-10/h4-7,9,24H,1,8H2,2-3H3. The van der Waals surface area contributed by atoms with E-state index in [0.29, 0.717) is 21.3 Å². The first-order valence-electron chi connectivity index (χ1n) is 6.97. The molecule has 6 nitrogen and oxygen atoms in total. The summed E-state index contributed by atoms with van der Waals surface area (Å²) in [5, 5.41) is 1.01. The van der Waals surface area contributed by atoms with Crippen molar-refractivity contribution in [2.45, 2.75) is 6.92 Å². The van der Waals surface area contributed by atoms with Crippen LogP contribution in [0.3, 0.4) is 0 Å². The Morgan fingerprint density at radius 3 is 2.79 bits per heavy atom. The first-order chi connectivity index (χ1) is 11.3. The largest absolute Gasteiger partial charge is 0.305 e. The van der Waals surface area contributed by atoms with Crippen molar-refractivity contribution in [3.8, 4) is 10.6 Å². The van der Waals surface area contributed by atoms with Gasteiger partial charge in [0.15, 0.2) is 0 Å². The van der Waals surface area contributed by atoms with Crippen LogP contribution in [0, 0.1) is 11.7 Å². The zero-order chi connectivity index (χ0) is 17.9. The summed E-state index contributed by atoms with van der Waals surface area (Å²) >= 11 is 1.18. The molecule has 0 saturated heterocycles. The third-order valence-electron chi connectivity index (χ3n) is 3.26. The van der Waals surface area contributed by atoms with Gasteiger partial charge in [-0.15, -0.1) is 0 Å². The van der Waals surface area contributed by atoms with Gasteiger partial charge >= 0.3 is 0 Å². The molecule has 9 heteroatoms. The minimum Gasteiger partial charge on any atom is -0.305 e. The lowest BCUT2D eigenvalue weighted by Gasteiger charge is -2.19. The van der Waals surface area contributed by atoms with Crippen molar-refractivity contribution in [2.24, 2.45) is 5.92 Å². The van der Waals surface area contributed by atoms with Crippen molar-refractivity contribution in [3.05, 3.63) is 36.6 Å². The highest BCUT2D eigenvalue weighted by molar-refractivity contribution is 7.72. The summed E-state index contributed by atoms with van der Waals surface area (Å²) in [4.78, 5) is 21.9. The molecule has 0 spiro atoms. The number of pyridine rings is 1. The summed E-state index contributed by atoms with van der Waals surface area (Å²) in [6.07, 6.45) is 4.06. The van der Waals surface area contributed by atoms with E-state index in [-0.39, 0.29) is 11.7 Å². The molecule has 1 amide bonds. The molecule has 2 aromatic heterocycles. The van der Waals surface area contributed by atoms with Crippen LogP contribution in [0.5, 0.6) is 0 Å². The normalized spacial score (nSPS) is 12.2. The van der Waals surface area contributed by atoms with E-state index in [0.717, 1.165) is 6.20 Å². The highest BCUT2D eigenvalue weighted by Gasteiger charge is 2.24. The number of rotatable bonds is 6. The molecule has 0 N–H and O–H groups in total. The Labute approximate surface area is 144 Å². The Morgan fingerprint density at radius 2 is 2.21 bits per heavy atom. The zero-order valence-corrected chi connectivity index (χ0v) is 14.8. The van der Waals surface area contributed by atoms with E-state index >= 15 is 0 Å². The molecule has 0 bridgehead atoms. The van der Waals surface area contributed by atoms with Crippen LogP contribution in [0.4, 0.5) is 9.39 Å². The summed E-state index contributed by atoms with van der Waals surface area (Å²) < 4.78 is 35.0. The van der Waals surface area contributed by atoms with E-state index in [2.05, 4.69) is 16.5 Å². The third kappa shape index (κ3) is 4.04. The SMILES string of the molecule is C=Cc1nc(-c2cncc(F)c2)sc1N(C)C(=O)C(C)C[SH](=O)=O. The summed E-state index contributed by atoms with van der Waals surface area (Å²) in [5.74, 6) is -1.72. The second-order valence-electron chi connectivity index (χ2n) is 5.12. The van der Waals surface area contributed by atoms with Crippen molar-refractivity contribution >= 4 is 39.0 Å². The number of nitrogens with zero attached hydrogens (tertiary/aromatic N) is 3. The average Bonchev–Trinajstić information content (AvgIpc) is 2.97. The number of halogens is 1. The monoisotopic (exact) mass is 369 g/mol. The van der Waals surface area contributed by atoms with E-state index in [1.807, 2.05) is 0 Å². The molecular weight excluding hydrogens is 353 g/mol. The molecule has 0 aliphatic rings. The van der Waals surface area contributed by atoms with Crippen LogP contribution in [0.2, 0.25) is 0 Å². The number of hydrogen-bond acceptors (Lipinski definition) is 6. The molecule has 0 aliphatic heterocycles. The summed E-state index contributed by atoms with van der Waals surface area (Å²) in [7, 11) is -1.10. The van der Waals surface area contributed by atoms with Crippen LogP contribution in [-0.4, -0.2) is 37.1 Å². The maximum absolute atomic E-state index is 13.3. The van der Waals surface area contributed by atoms with Crippen LogP contribution in [-0.2, 0) is 15.5 Å². The first-order valence-corrected chi connectivity index (χ1v) is 9.15. The number of hydrogen-bond donors (Lipinski definition) is 1. The molecule has 0 aromatic carbocycles. The fraction of sp³-hybridized carbons (Fsp3) is 0.267. The summed E-state index contributed by atoms with van der Waals surface area (Å²) in [6, 6.07) is 1.30. The number of anilines is 1. The maximum Gasteiger partial charge on any atom is 0.231 e. The molecule has 0 radical (unpaired) electrons. The zero-order valence-electron chi connectivity index (χ0n) is 13.1. The molecular formula is C15H16FN3O3S2. The van der Waals surface area contributed by atoms with E-state index in [9.17, 15) is 17.6 Å². The van der Waals surface area contributed by atoms with Gasteiger partial charge in [-0.05, 0) is 12.1 Å². The quantitative estimate of drug-likeness (QED) is 0.790. The first kappa shape index (κ1) is 18.2. The topological polar surface area (TPSA) is 80.2 Å². The van der Waals surface area contributed by atoms with Gasteiger partial charge in [0.25, 0.3) is 0 Å². The number of aromatic nitrogens is 2. The lowest BCUT2D eigenvalue weighted by atomic mass is 10.2. The Balaban J connectivity index is 2.36. The third-order valence-corrected chi connectivity index (χ3v) is 5.30. The van der Waals surface area contributed by atoms with Crippen LogP contribution in [0.1, 0.15) is 12.6 Å². The molecule has 128 valence electrons. The van der Waals surface area contributed by atoms with Gasteiger partial charge in [-0.25, -0.2) is 17.8 Å². The second kappa shape index (κ2) is 7.63. The van der Waals surface area contributed by atoms with Crippen molar-refractivity contribution < 1.29 is 17.6 Å². The van der Waals surface area contributed by atoms with E-state index in [4.69, 9.17) is 0 Å². The minimum atomic E-state index is -2.64. The lowest BCUT2D eigenvalue weighted by Crippen LogP contribution is -2.33. The van der Waals surface area contributed by atoms with Gasteiger partial charge < -0.3 is 4.90 Å². The predicted molar refractivity (Wildman–Crippen MR) is 93.1 cm³/mol. The highest BCUT2D eigenvalue weighted by Crippen LogP contribution is 2.35. The molecule has 1 atom stereocenters. The van der Waals surface area contributed by atoms with Gasteiger partial charge in [0.2, 0.25) is 5.91 Å². The van der Waals surface area contributed by atoms with E-state index < -0.39 is 22.4 Å². The van der Waals surface area contributed by atoms with Crippen molar-refractivity contribution in [2.75, 3.05) is 17.7 Å². The van der Waals surface area contributed by atoms with Crippen LogP contribution >= 0.6 is 11.3 Å². The molecule has 1 unspecified atom stereocenters. The Kier molecular flexibility index (Phi) is 5.79. The molecule has 0 aliphatic carbocycles. The predicted octanol–water partition coefficient (Wildman–Crippen LogP) is 2.20. The van der Waals surface area contributed by atoms with Crippen LogP contribution < -0.4 is 4.90 Å². The lowest BCUT2D eigenvalue weighted by molar-refractivity contribution is -0.120. The van der Waals surface area contributed by atoms with Gasteiger partial charge in [0, 0.05) is 24.7 Å². The summed E-state index contributed by atoms with van der Waals surface area (Å²) in [6.45, 7) is 5.22. The van der Waals surface area contributed by atoms with Crippen LogP contribution in [0.15, 0.2) is 25.0 Å². The molecule has 0 saturated carbocycles. The van der Waals surface area contributed by atoms with Crippen molar-refractivity contribution in [3.63, 3.8) is 0 Å². The number of amides is 1. The Hall–Kier alpha value is -2.13. The van der Waals surface area contributed by atoms with Gasteiger partial charge in [-0.1, -0.05) is 24.8 Å². The Bertz CT molecular complexity index is 840.